The number of ether oxygens (including phenoxy) is 3. The van der Waals surface area contributed by atoms with Crippen LogP contribution in [0.4, 0.5) is 0 Å². The largest absolute Gasteiger partial charge is 0.508 e. The molecule has 0 atom stereocenters. The first-order chi connectivity index (χ1) is 11.3. The Labute approximate surface area is 134 Å². The molecule has 0 saturated heterocycles. The maximum atomic E-state index is 9.87. The quantitative estimate of drug-likeness (QED) is 0.574. The topological polar surface area (TPSA) is 88.4 Å². The minimum absolute atomic E-state index is 0.00896. The molecule has 2 aromatic rings. The number of aliphatic hydroxyl groups excluding tert-OH is 2. The zero-order chi connectivity index (χ0) is 16.5. The van der Waals surface area contributed by atoms with E-state index in [0.717, 1.165) is 10.8 Å². The van der Waals surface area contributed by atoms with Crippen molar-refractivity contribution in [1.29, 1.82) is 0 Å². The third-order valence-electron chi connectivity index (χ3n) is 3.30. The Balaban J connectivity index is 1.87. The van der Waals surface area contributed by atoms with Crippen molar-refractivity contribution in [3.05, 3.63) is 35.9 Å². The first-order valence-electron chi connectivity index (χ1n) is 7.51. The van der Waals surface area contributed by atoms with Crippen molar-refractivity contribution in [3.63, 3.8) is 0 Å². The second-order valence-electron chi connectivity index (χ2n) is 4.91. The molecular weight excluding hydrogens is 300 g/mol. The SMILES string of the molecule is OCCOCCOCCOc1cccc2cc(CO)c(O)cc12. The maximum absolute atomic E-state index is 9.87. The van der Waals surface area contributed by atoms with Crippen LogP contribution in [0.2, 0.25) is 0 Å². The van der Waals surface area contributed by atoms with Crippen LogP contribution in [0.15, 0.2) is 30.3 Å². The van der Waals surface area contributed by atoms with Gasteiger partial charge in [0.05, 0.1) is 39.6 Å². The van der Waals surface area contributed by atoms with E-state index in [2.05, 4.69) is 0 Å². The van der Waals surface area contributed by atoms with Crippen molar-refractivity contribution in [2.24, 2.45) is 0 Å². The highest BCUT2D eigenvalue weighted by Gasteiger charge is 2.07. The van der Waals surface area contributed by atoms with Gasteiger partial charge in [-0.2, -0.15) is 0 Å². The Kier molecular flexibility index (Phi) is 7.09. The number of rotatable bonds is 10. The molecule has 0 aliphatic rings. The summed E-state index contributed by atoms with van der Waals surface area (Å²) in [6, 6.07) is 8.92. The predicted octanol–water partition coefficient (Wildman–Crippen LogP) is 1.44. The van der Waals surface area contributed by atoms with Crippen LogP contribution in [0.5, 0.6) is 11.5 Å². The summed E-state index contributed by atoms with van der Waals surface area (Å²) in [5.41, 5.74) is 0.487. The average Bonchev–Trinajstić information content (AvgIpc) is 2.57. The number of aromatic hydroxyl groups is 1. The maximum Gasteiger partial charge on any atom is 0.127 e. The molecule has 0 unspecified atom stereocenters. The highest BCUT2D eigenvalue weighted by Crippen LogP contribution is 2.31. The summed E-state index contributed by atoms with van der Waals surface area (Å²) in [5, 5.41) is 29.3. The minimum atomic E-state index is -0.209. The van der Waals surface area contributed by atoms with Crippen LogP contribution in [-0.2, 0) is 16.1 Å². The van der Waals surface area contributed by atoms with E-state index in [9.17, 15) is 10.2 Å². The second kappa shape index (κ2) is 9.32. The van der Waals surface area contributed by atoms with Gasteiger partial charge in [-0.05, 0) is 23.6 Å². The van der Waals surface area contributed by atoms with Crippen molar-refractivity contribution < 1.29 is 29.5 Å². The molecule has 0 fully saturated rings. The zero-order valence-electron chi connectivity index (χ0n) is 12.9. The highest BCUT2D eigenvalue weighted by molar-refractivity contribution is 5.90. The average molecular weight is 322 g/mol. The van der Waals surface area contributed by atoms with Crippen molar-refractivity contribution >= 4 is 10.8 Å². The van der Waals surface area contributed by atoms with Gasteiger partial charge in [-0.1, -0.05) is 12.1 Å². The lowest BCUT2D eigenvalue weighted by Crippen LogP contribution is -2.12. The van der Waals surface area contributed by atoms with Crippen molar-refractivity contribution in [3.8, 4) is 11.5 Å². The highest BCUT2D eigenvalue weighted by atomic mass is 16.5. The van der Waals surface area contributed by atoms with Gasteiger partial charge < -0.3 is 29.5 Å². The third kappa shape index (κ3) is 5.07. The van der Waals surface area contributed by atoms with Crippen LogP contribution in [0, 0.1) is 0 Å². The first kappa shape index (κ1) is 17.5. The number of aliphatic hydroxyl groups is 2. The molecule has 0 heterocycles. The summed E-state index contributed by atoms with van der Waals surface area (Å²) < 4.78 is 16.1. The number of fused-ring (bicyclic) bond motifs is 1. The molecule has 0 bridgehead atoms. The van der Waals surface area contributed by atoms with E-state index < -0.39 is 0 Å². The monoisotopic (exact) mass is 322 g/mol. The molecule has 2 rings (SSSR count). The van der Waals surface area contributed by atoms with Gasteiger partial charge in [0.2, 0.25) is 0 Å². The van der Waals surface area contributed by atoms with Gasteiger partial charge in [0.1, 0.15) is 18.1 Å². The molecule has 0 saturated carbocycles. The molecule has 3 N–H and O–H groups in total. The Morgan fingerprint density at radius 1 is 0.870 bits per heavy atom. The van der Waals surface area contributed by atoms with E-state index >= 15 is 0 Å². The van der Waals surface area contributed by atoms with Gasteiger partial charge in [0.25, 0.3) is 0 Å². The number of benzene rings is 2. The summed E-state index contributed by atoms with van der Waals surface area (Å²) in [5.74, 6) is 0.704. The van der Waals surface area contributed by atoms with Crippen LogP contribution in [-0.4, -0.2) is 55.0 Å². The number of hydrogen-bond donors (Lipinski definition) is 3. The fourth-order valence-corrected chi connectivity index (χ4v) is 2.18. The first-order valence-corrected chi connectivity index (χ1v) is 7.51. The van der Waals surface area contributed by atoms with Crippen LogP contribution in [0.3, 0.4) is 0 Å². The molecular formula is C17H22O6. The summed E-state index contributed by atoms with van der Waals surface area (Å²) >= 11 is 0. The van der Waals surface area contributed by atoms with E-state index in [4.69, 9.17) is 19.3 Å². The summed E-state index contributed by atoms with van der Waals surface area (Å²) in [6.07, 6.45) is 0. The van der Waals surface area contributed by atoms with E-state index in [0.29, 0.717) is 44.3 Å². The molecule has 6 heteroatoms. The summed E-state index contributed by atoms with van der Waals surface area (Å²) in [4.78, 5) is 0. The number of hydrogen-bond acceptors (Lipinski definition) is 6. The Hall–Kier alpha value is -1.86. The Morgan fingerprint density at radius 3 is 2.35 bits per heavy atom. The molecule has 0 spiro atoms. The van der Waals surface area contributed by atoms with Crippen molar-refractivity contribution in [2.75, 3.05) is 39.6 Å². The van der Waals surface area contributed by atoms with Crippen molar-refractivity contribution in [1.82, 2.24) is 0 Å². The summed E-state index contributed by atoms with van der Waals surface area (Å²) in [7, 11) is 0. The van der Waals surface area contributed by atoms with E-state index in [1.807, 2.05) is 18.2 Å². The van der Waals surface area contributed by atoms with Gasteiger partial charge in [-0.25, -0.2) is 0 Å². The zero-order valence-corrected chi connectivity index (χ0v) is 12.9. The molecule has 0 aliphatic heterocycles. The fourth-order valence-electron chi connectivity index (χ4n) is 2.18. The smallest absolute Gasteiger partial charge is 0.127 e. The van der Waals surface area contributed by atoms with Crippen LogP contribution >= 0.6 is 0 Å². The summed E-state index contributed by atoms with van der Waals surface area (Å²) in [6.45, 7) is 1.79. The fraction of sp³-hybridized carbons (Fsp3) is 0.412. The standard InChI is InChI=1S/C17H22O6/c18-4-5-21-6-7-22-8-9-23-17-3-1-2-13-10-14(12-19)16(20)11-15(13)17/h1-3,10-11,18-20H,4-9,12H2. The minimum Gasteiger partial charge on any atom is -0.508 e. The predicted molar refractivity (Wildman–Crippen MR) is 85.8 cm³/mol. The van der Waals surface area contributed by atoms with Crippen molar-refractivity contribution in [2.45, 2.75) is 6.61 Å². The van der Waals surface area contributed by atoms with E-state index in [1.165, 1.54) is 0 Å². The van der Waals surface area contributed by atoms with Gasteiger partial charge in [-0.3, -0.25) is 0 Å². The third-order valence-corrected chi connectivity index (χ3v) is 3.30. The second-order valence-corrected chi connectivity index (χ2v) is 4.91. The molecule has 0 aliphatic carbocycles. The van der Waals surface area contributed by atoms with E-state index in [-0.39, 0.29) is 19.0 Å². The number of phenols is 1. The van der Waals surface area contributed by atoms with Gasteiger partial charge in [0.15, 0.2) is 0 Å². The van der Waals surface area contributed by atoms with Crippen LogP contribution in [0.1, 0.15) is 5.56 Å². The normalized spacial score (nSPS) is 11.0. The lowest BCUT2D eigenvalue weighted by molar-refractivity contribution is 0.0248. The lowest BCUT2D eigenvalue weighted by atomic mass is 10.1. The van der Waals surface area contributed by atoms with E-state index in [1.54, 1.807) is 12.1 Å². The molecule has 0 aromatic heterocycles. The van der Waals surface area contributed by atoms with Gasteiger partial charge in [-0.15, -0.1) is 0 Å². The molecule has 6 nitrogen and oxygen atoms in total. The molecule has 0 amide bonds. The molecule has 0 radical (unpaired) electrons. The van der Waals surface area contributed by atoms with Gasteiger partial charge >= 0.3 is 0 Å². The van der Waals surface area contributed by atoms with Crippen LogP contribution < -0.4 is 4.74 Å². The molecule has 23 heavy (non-hydrogen) atoms. The van der Waals surface area contributed by atoms with Crippen LogP contribution in [0.25, 0.3) is 10.8 Å². The van der Waals surface area contributed by atoms with Gasteiger partial charge in [0, 0.05) is 10.9 Å². The molecule has 126 valence electrons. The Bertz CT molecular complexity index is 613. The molecule has 2 aromatic carbocycles. The lowest BCUT2D eigenvalue weighted by Gasteiger charge is -2.11. The Morgan fingerprint density at radius 2 is 1.61 bits per heavy atom.